The Labute approximate surface area is 117 Å². The number of nitriles is 1. The molecule has 0 bridgehead atoms. The predicted octanol–water partition coefficient (Wildman–Crippen LogP) is 1.57. The number of nitrogens with one attached hydrogen (secondary N) is 2. The maximum Gasteiger partial charge on any atom is 0.269 e. The van der Waals surface area contributed by atoms with Gasteiger partial charge in [-0.15, -0.1) is 0 Å². The Morgan fingerprint density at radius 1 is 1.40 bits per heavy atom. The van der Waals surface area contributed by atoms with E-state index in [1.165, 1.54) is 13.3 Å². The highest BCUT2D eigenvalue weighted by atomic mass is 16.5. The van der Waals surface area contributed by atoms with Gasteiger partial charge in [0.1, 0.15) is 17.4 Å². The van der Waals surface area contributed by atoms with Crippen LogP contribution in [0.4, 0.5) is 5.69 Å². The fraction of sp³-hybridized carbons (Fsp3) is 0.214. The van der Waals surface area contributed by atoms with Crippen LogP contribution in [0.5, 0.6) is 5.75 Å². The van der Waals surface area contributed by atoms with Crippen molar-refractivity contribution in [2.75, 3.05) is 12.4 Å². The molecule has 0 saturated carbocycles. The Hall–Kier alpha value is -2.81. The zero-order chi connectivity index (χ0) is 15.0. The van der Waals surface area contributed by atoms with E-state index in [2.05, 4.69) is 10.6 Å². The second kappa shape index (κ2) is 7.59. The summed E-state index contributed by atoms with van der Waals surface area (Å²) in [5.74, 6) is -0.596. The maximum absolute atomic E-state index is 11.6. The van der Waals surface area contributed by atoms with Crippen molar-refractivity contribution in [2.24, 2.45) is 0 Å². The molecule has 2 amide bonds. The van der Waals surface area contributed by atoms with Gasteiger partial charge in [0, 0.05) is 12.6 Å². The highest BCUT2D eigenvalue weighted by Crippen LogP contribution is 2.23. The first-order chi connectivity index (χ1) is 9.62. The summed E-state index contributed by atoms with van der Waals surface area (Å²) in [6, 6.07) is 8.79. The van der Waals surface area contributed by atoms with Crippen molar-refractivity contribution in [1.82, 2.24) is 5.32 Å². The highest BCUT2D eigenvalue weighted by molar-refractivity contribution is 6.06. The molecule has 0 saturated heterocycles. The monoisotopic (exact) mass is 273 g/mol. The van der Waals surface area contributed by atoms with Gasteiger partial charge in [0.2, 0.25) is 5.91 Å². The van der Waals surface area contributed by atoms with Crippen molar-refractivity contribution in [3.63, 3.8) is 0 Å². The minimum Gasteiger partial charge on any atom is -0.495 e. The van der Waals surface area contributed by atoms with E-state index in [1.54, 1.807) is 37.3 Å². The van der Waals surface area contributed by atoms with Crippen LogP contribution >= 0.6 is 0 Å². The number of carbonyl (C=O) groups is 2. The molecule has 2 N–H and O–H groups in total. The molecule has 0 spiro atoms. The van der Waals surface area contributed by atoms with E-state index in [0.717, 1.165) is 0 Å². The lowest BCUT2D eigenvalue weighted by molar-refractivity contribution is -0.128. The van der Waals surface area contributed by atoms with Crippen molar-refractivity contribution >= 4 is 17.5 Å². The molecule has 6 heteroatoms. The fourth-order valence-electron chi connectivity index (χ4n) is 1.34. The topological polar surface area (TPSA) is 91.2 Å². The molecule has 0 aliphatic heterocycles. The zero-order valence-corrected chi connectivity index (χ0v) is 11.3. The van der Waals surface area contributed by atoms with E-state index in [0.29, 0.717) is 11.4 Å². The van der Waals surface area contributed by atoms with Gasteiger partial charge in [0.15, 0.2) is 0 Å². The van der Waals surface area contributed by atoms with E-state index in [-0.39, 0.29) is 12.0 Å². The van der Waals surface area contributed by atoms with Gasteiger partial charge in [0.25, 0.3) is 5.91 Å². The summed E-state index contributed by atoms with van der Waals surface area (Å²) < 4.78 is 5.12. The second-order valence-electron chi connectivity index (χ2n) is 3.75. The lowest BCUT2D eigenvalue weighted by Crippen LogP contribution is -2.30. The molecular weight excluding hydrogens is 258 g/mol. The number of ether oxygens (including phenoxy) is 1. The number of nitrogens with zero attached hydrogens (tertiary/aromatic N) is 1. The maximum atomic E-state index is 11.6. The number of imide groups is 1. The molecule has 104 valence electrons. The third kappa shape index (κ3) is 4.14. The number of hydrogen-bond donors (Lipinski definition) is 2. The molecule has 0 fully saturated rings. The van der Waals surface area contributed by atoms with Crippen LogP contribution in [0.15, 0.2) is 36.0 Å². The number of amides is 2. The van der Waals surface area contributed by atoms with Gasteiger partial charge in [0.05, 0.1) is 12.8 Å². The van der Waals surface area contributed by atoms with Gasteiger partial charge >= 0.3 is 0 Å². The molecule has 0 heterocycles. The summed E-state index contributed by atoms with van der Waals surface area (Å²) in [4.78, 5) is 22.7. The summed E-state index contributed by atoms with van der Waals surface area (Å²) in [6.45, 7) is 1.62. The van der Waals surface area contributed by atoms with Gasteiger partial charge in [-0.3, -0.25) is 14.9 Å². The average Bonchev–Trinajstić information content (AvgIpc) is 2.48. The van der Waals surface area contributed by atoms with Crippen molar-refractivity contribution < 1.29 is 14.3 Å². The number of methoxy groups -OCH3 is 1. The molecule has 0 aliphatic carbocycles. The zero-order valence-electron chi connectivity index (χ0n) is 11.3. The smallest absolute Gasteiger partial charge is 0.269 e. The van der Waals surface area contributed by atoms with Crippen molar-refractivity contribution in [3.05, 3.63) is 36.0 Å². The van der Waals surface area contributed by atoms with Crippen LogP contribution in [0.25, 0.3) is 0 Å². The van der Waals surface area contributed by atoms with Crippen LogP contribution in [0.1, 0.15) is 13.3 Å². The molecule has 0 atom stereocenters. The van der Waals surface area contributed by atoms with Gasteiger partial charge in [-0.1, -0.05) is 19.1 Å². The summed E-state index contributed by atoms with van der Waals surface area (Å²) in [5.41, 5.74) is 0.412. The van der Waals surface area contributed by atoms with Gasteiger partial charge in [-0.05, 0) is 12.1 Å². The van der Waals surface area contributed by atoms with Crippen molar-refractivity contribution in [2.45, 2.75) is 13.3 Å². The number of hydrogen-bond acceptors (Lipinski definition) is 5. The normalized spacial score (nSPS) is 10.3. The Morgan fingerprint density at radius 2 is 2.10 bits per heavy atom. The van der Waals surface area contributed by atoms with Gasteiger partial charge in [-0.2, -0.15) is 5.26 Å². The number of para-hydroxylation sites is 2. The molecule has 0 aliphatic rings. The molecule has 20 heavy (non-hydrogen) atoms. The largest absolute Gasteiger partial charge is 0.495 e. The lowest BCUT2D eigenvalue weighted by atomic mass is 10.2. The Morgan fingerprint density at radius 3 is 2.70 bits per heavy atom. The standard InChI is InChI=1S/C14H15N3O3/c1-3-13(18)17-14(19)10(8-15)9-16-11-6-4-5-7-12(11)20-2/h4-7,9,16H,3H2,1-2H3,(H,17,18,19)/b10-9-. The van der Waals surface area contributed by atoms with Crippen LogP contribution in [0, 0.1) is 11.3 Å². The molecule has 0 unspecified atom stereocenters. The summed E-state index contributed by atoms with van der Waals surface area (Å²) >= 11 is 0. The molecule has 1 aromatic carbocycles. The number of carbonyl (C=O) groups excluding carboxylic acids is 2. The molecule has 6 nitrogen and oxygen atoms in total. The number of anilines is 1. The summed E-state index contributed by atoms with van der Waals surface area (Å²) in [5, 5.41) is 13.8. The molecular formula is C14H15N3O3. The minimum atomic E-state index is -0.734. The highest BCUT2D eigenvalue weighted by Gasteiger charge is 2.11. The molecule has 0 aromatic heterocycles. The van der Waals surface area contributed by atoms with Gasteiger partial charge < -0.3 is 10.1 Å². The SMILES string of the molecule is CCC(=O)NC(=O)/C(C#N)=C\Nc1ccccc1OC. The summed E-state index contributed by atoms with van der Waals surface area (Å²) in [6.07, 6.45) is 1.40. The molecule has 0 radical (unpaired) electrons. The van der Waals surface area contributed by atoms with Crippen LogP contribution in [0.3, 0.4) is 0 Å². The van der Waals surface area contributed by atoms with Crippen LogP contribution in [-0.4, -0.2) is 18.9 Å². The third-order valence-electron chi connectivity index (χ3n) is 2.42. The number of benzene rings is 1. The van der Waals surface area contributed by atoms with Crippen molar-refractivity contribution in [3.8, 4) is 11.8 Å². The van der Waals surface area contributed by atoms with Crippen molar-refractivity contribution in [1.29, 1.82) is 5.26 Å². The van der Waals surface area contributed by atoms with Gasteiger partial charge in [-0.25, -0.2) is 0 Å². The van der Waals surface area contributed by atoms with Crippen LogP contribution in [0.2, 0.25) is 0 Å². The minimum absolute atomic E-state index is 0.171. The lowest BCUT2D eigenvalue weighted by Gasteiger charge is -2.08. The first-order valence-corrected chi connectivity index (χ1v) is 5.96. The Bertz CT molecular complexity index is 573. The first-order valence-electron chi connectivity index (χ1n) is 5.96. The first kappa shape index (κ1) is 15.2. The second-order valence-corrected chi connectivity index (χ2v) is 3.75. The summed E-state index contributed by atoms with van der Waals surface area (Å²) in [7, 11) is 1.52. The fourth-order valence-corrected chi connectivity index (χ4v) is 1.34. The van der Waals surface area contributed by atoms with E-state index >= 15 is 0 Å². The Kier molecular flexibility index (Phi) is 5.78. The quantitative estimate of drug-likeness (QED) is 0.627. The Balaban J connectivity index is 2.83. The van der Waals surface area contributed by atoms with E-state index < -0.39 is 11.8 Å². The van der Waals surface area contributed by atoms with E-state index in [4.69, 9.17) is 10.00 Å². The van der Waals surface area contributed by atoms with E-state index in [9.17, 15) is 9.59 Å². The van der Waals surface area contributed by atoms with E-state index in [1.807, 2.05) is 0 Å². The van der Waals surface area contributed by atoms with Crippen LogP contribution < -0.4 is 15.4 Å². The number of rotatable bonds is 5. The van der Waals surface area contributed by atoms with Crippen LogP contribution in [-0.2, 0) is 9.59 Å². The molecule has 1 aromatic rings. The third-order valence-corrected chi connectivity index (χ3v) is 2.42. The predicted molar refractivity (Wildman–Crippen MR) is 73.8 cm³/mol. The molecule has 1 rings (SSSR count). The average molecular weight is 273 g/mol.